The summed E-state index contributed by atoms with van der Waals surface area (Å²) in [5.74, 6) is 5.45. The van der Waals surface area contributed by atoms with Crippen LogP contribution in [0.15, 0.2) is 23.4 Å². The fraction of sp³-hybridized carbons (Fsp3) is 0.462. The average Bonchev–Trinajstić information content (AvgIpc) is 2.42. The van der Waals surface area contributed by atoms with Crippen molar-refractivity contribution in [3.05, 3.63) is 24.0 Å². The van der Waals surface area contributed by atoms with Crippen molar-refractivity contribution < 1.29 is 8.42 Å². The molecule has 104 valence electrons. The van der Waals surface area contributed by atoms with Crippen molar-refractivity contribution in [2.45, 2.75) is 24.7 Å². The van der Waals surface area contributed by atoms with Crippen LogP contribution in [0.5, 0.6) is 0 Å². The number of nitrogens with two attached hydrogens (primary N) is 1. The monoisotopic (exact) mass is 281 g/mol. The molecule has 0 spiro atoms. The number of pyridine rings is 1. The molecule has 0 saturated carbocycles. The summed E-state index contributed by atoms with van der Waals surface area (Å²) < 4.78 is 25.9. The Kier molecular flexibility index (Phi) is 5.96. The van der Waals surface area contributed by atoms with E-state index in [1.165, 1.54) is 22.8 Å². The number of nitrogens with zero attached hydrogens (tertiary/aromatic N) is 2. The molecule has 0 saturated heterocycles. The molecular weight excluding hydrogens is 262 g/mol. The molecule has 0 aromatic carbocycles. The maximum absolute atomic E-state index is 12.3. The van der Waals surface area contributed by atoms with E-state index in [9.17, 15) is 8.42 Å². The zero-order chi connectivity index (χ0) is 14.3. The lowest BCUT2D eigenvalue weighted by Gasteiger charge is -2.16. The topological polar surface area (TPSA) is 76.3 Å². The van der Waals surface area contributed by atoms with E-state index in [2.05, 4.69) is 16.8 Å². The standard InChI is InChI=1S/C13H19N3O2S/c1-3-4-8-16(2)19(17,18)13-9-12(6-5-7-14)10-15-11-13/h9-11H,3-4,7-8,14H2,1-2H3. The van der Waals surface area contributed by atoms with E-state index in [1.54, 1.807) is 7.05 Å². The second-order valence-electron chi connectivity index (χ2n) is 4.10. The van der Waals surface area contributed by atoms with Crippen LogP contribution < -0.4 is 5.73 Å². The number of rotatable bonds is 5. The molecule has 1 rings (SSSR count). The SMILES string of the molecule is CCCCN(C)S(=O)(=O)c1cncc(C#CCN)c1. The predicted molar refractivity (Wildman–Crippen MR) is 74.9 cm³/mol. The normalized spacial score (nSPS) is 11.2. The first-order valence-corrected chi connectivity index (χ1v) is 7.56. The minimum absolute atomic E-state index is 0.162. The quantitative estimate of drug-likeness (QED) is 0.810. The second-order valence-corrected chi connectivity index (χ2v) is 6.14. The maximum Gasteiger partial charge on any atom is 0.244 e. The molecule has 0 radical (unpaired) electrons. The third kappa shape index (κ3) is 4.31. The first-order chi connectivity index (χ1) is 9.02. The van der Waals surface area contributed by atoms with Gasteiger partial charge in [-0.05, 0) is 12.5 Å². The van der Waals surface area contributed by atoms with Gasteiger partial charge in [-0.2, -0.15) is 0 Å². The minimum Gasteiger partial charge on any atom is -0.320 e. The summed E-state index contributed by atoms with van der Waals surface area (Å²) >= 11 is 0. The van der Waals surface area contributed by atoms with Crippen molar-refractivity contribution in [1.82, 2.24) is 9.29 Å². The Morgan fingerprint density at radius 3 is 2.79 bits per heavy atom. The Balaban J connectivity index is 3.01. The van der Waals surface area contributed by atoms with Crippen molar-refractivity contribution in [2.24, 2.45) is 5.73 Å². The second kappa shape index (κ2) is 7.24. The van der Waals surface area contributed by atoms with Gasteiger partial charge in [0.1, 0.15) is 4.90 Å². The van der Waals surface area contributed by atoms with Gasteiger partial charge in [-0.25, -0.2) is 12.7 Å². The Hall–Kier alpha value is -1.42. The molecule has 5 nitrogen and oxygen atoms in total. The highest BCUT2D eigenvalue weighted by Gasteiger charge is 2.20. The van der Waals surface area contributed by atoms with Crippen molar-refractivity contribution in [3.8, 4) is 11.8 Å². The lowest BCUT2D eigenvalue weighted by molar-refractivity contribution is 0.459. The Bertz CT molecular complexity index is 573. The minimum atomic E-state index is -3.49. The molecule has 6 heteroatoms. The summed E-state index contributed by atoms with van der Waals surface area (Å²) in [7, 11) is -1.91. The molecule has 0 atom stereocenters. The van der Waals surface area contributed by atoms with E-state index >= 15 is 0 Å². The van der Waals surface area contributed by atoms with Crippen LogP contribution >= 0.6 is 0 Å². The third-order valence-electron chi connectivity index (χ3n) is 2.58. The van der Waals surface area contributed by atoms with Crippen molar-refractivity contribution in [3.63, 3.8) is 0 Å². The molecule has 0 aliphatic heterocycles. The number of hydrogen-bond donors (Lipinski definition) is 1. The van der Waals surface area contributed by atoms with Crippen LogP contribution in [-0.4, -0.2) is 37.8 Å². The van der Waals surface area contributed by atoms with Crippen molar-refractivity contribution >= 4 is 10.0 Å². The van der Waals surface area contributed by atoms with E-state index in [1.807, 2.05) is 6.92 Å². The highest BCUT2D eigenvalue weighted by molar-refractivity contribution is 7.89. The van der Waals surface area contributed by atoms with E-state index < -0.39 is 10.0 Å². The highest BCUT2D eigenvalue weighted by atomic mass is 32.2. The smallest absolute Gasteiger partial charge is 0.244 e. The summed E-state index contributed by atoms with van der Waals surface area (Å²) in [6.45, 7) is 2.75. The van der Waals surface area contributed by atoms with Gasteiger partial charge < -0.3 is 5.73 Å². The van der Waals surface area contributed by atoms with Gasteiger partial charge in [0.2, 0.25) is 10.0 Å². The lowest BCUT2D eigenvalue weighted by atomic mass is 10.3. The Labute approximate surface area is 114 Å². The van der Waals surface area contributed by atoms with Crippen LogP contribution in [0.1, 0.15) is 25.3 Å². The predicted octanol–water partition coefficient (Wildman–Crippen LogP) is 0.812. The Morgan fingerprint density at radius 2 is 2.16 bits per heavy atom. The van der Waals surface area contributed by atoms with Crippen LogP contribution in [-0.2, 0) is 10.0 Å². The molecule has 1 aromatic rings. The fourth-order valence-corrected chi connectivity index (χ4v) is 2.66. The van der Waals surface area contributed by atoms with Crippen LogP contribution in [0, 0.1) is 11.8 Å². The summed E-state index contributed by atoms with van der Waals surface area (Å²) in [6, 6.07) is 1.52. The number of sulfonamides is 1. The molecule has 0 unspecified atom stereocenters. The fourth-order valence-electron chi connectivity index (χ4n) is 1.46. The van der Waals surface area contributed by atoms with Crippen molar-refractivity contribution in [1.29, 1.82) is 0 Å². The maximum atomic E-state index is 12.3. The molecule has 19 heavy (non-hydrogen) atoms. The molecule has 2 N–H and O–H groups in total. The molecule has 1 heterocycles. The van der Waals surface area contributed by atoms with Gasteiger partial charge in [0.15, 0.2) is 0 Å². The number of unbranched alkanes of at least 4 members (excludes halogenated alkanes) is 1. The van der Waals surface area contributed by atoms with E-state index in [4.69, 9.17) is 5.73 Å². The van der Waals surface area contributed by atoms with Crippen LogP contribution in [0.4, 0.5) is 0 Å². The van der Waals surface area contributed by atoms with Gasteiger partial charge in [0, 0.05) is 31.5 Å². The molecule has 1 aromatic heterocycles. The van der Waals surface area contributed by atoms with Gasteiger partial charge in [-0.3, -0.25) is 4.98 Å². The van der Waals surface area contributed by atoms with E-state index in [-0.39, 0.29) is 11.4 Å². The number of aromatic nitrogens is 1. The summed E-state index contributed by atoms with van der Waals surface area (Å²) in [5, 5.41) is 0. The third-order valence-corrected chi connectivity index (χ3v) is 4.40. The zero-order valence-electron chi connectivity index (χ0n) is 11.3. The van der Waals surface area contributed by atoms with E-state index in [0.29, 0.717) is 12.1 Å². The van der Waals surface area contributed by atoms with Crippen molar-refractivity contribution in [2.75, 3.05) is 20.1 Å². The van der Waals surface area contributed by atoms with Crippen LogP contribution in [0.2, 0.25) is 0 Å². The van der Waals surface area contributed by atoms with Crippen LogP contribution in [0.25, 0.3) is 0 Å². The highest BCUT2D eigenvalue weighted by Crippen LogP contribution is 2.14. The summed E-state index contributed by atoms with van der Waals surface area (Å²) in [5.41, 5.74) is 5.83. The molecule has 0 bridgehead atoms. The van der Waals surface area contributed by atoms with Gasteiger partial charge >= 0.3 is 0 Å². The molecule has 0 amide bonds. The van der Waals surface area contributed by atoms with Gasteiger partial charge in [0.25, 0.3) is 0 Å². The van der Waals surface area contributed by atoms with E-state index in [0.717, 1.165) is 12.8 Å². The molecular formula is C13H19N3O2S. The number of hydrogen-bond acceptors (Lipinski definition) is 4. The van der Waals surface area contributed by atoms with Gasteiger partial charge in [-0.1, -0.05) is 25.2 Å². The molecule has 0 fully saturated rings. The molecule has 0 aliphatic rings. The zero-order valence-corrected chi connectivity index (χ0v) is 12.1. The first-order valence-electron chi connectivity index (χ1n) is 6.12. The lowest BCUT2D eigenvalue weighted by Crippen LogP contribution is -2.28. The Morgan fingerprint density at radius 1 is 1.42 bits per heavy atom. The van der Waals surface area contributed by atoms with Gasteiger partial charge in [-0.15, -0.1) is 0 Å². The largest absolute Gasteiger partial charge is 0.320 e. The first kappa shape index (κ1) is 15.6. The summed E-state index contributed by atoms with van der Waals surface area (Å²) in [6.07, 6.45) is 4.63. The summed E-state index contributed by atoms with van der Waals surface area (Å²) in [4.78, 5) is 4.08. The molecule has 0 aliphatic carbocycles. The van der Waals surface area contributed by atoms with Crippen LogP contribution in [0.3, 0.4) is 0 Å². The van der Waals surface area contributed by atoms with Gasteiger partial charge in [0.05, 0.1) is 6.54 Å². The average molecular weight is 281 g/mol.